The second-order valence-electron chi connectivity index (χ2n) is 5.16. The van der Waals surface area contributed by atoms with E-state index in [9.17, 15) is 0 Å². The number of likely N-dealkylation sites (N-methyl/N-ethyl adjacent to an activating group) is 1. The first-order valence-electron chi connectivity index (χ1n) is 7.30. The van der Waals surface area contributed by atoms with Crippen molar-refractivity contribution in [1.29, 1.82) is 0 Å². The van der Waals surface area contributed by atoms with Crippen molar-refractivity contribution in [3.8, 4) is 0 Å². The Morgan fingerprint density at radius 3 is 2.84 bits per heavy atom. The van der Waals surface area contributed by atoms with Crippen LogP contribution in [0, 0.1) is 6.92 Å². The summed E-state index contributed by atoms with van der Waals surface area (Å²) in [6.45, 7) is 7.75. The summed E-state index contributed by atoms with van der Waals surface area (Å²) < 4.78 is 11.7. The summed E-state index contributed by atoms with van der Waals surface area (Å²) in [6.07, 6.45) is 2.49. The molecule has 1 aromatic rings. The molecule has 1 aliphatic rings. The van der Waals surface area contributed by atoms with Gasteiger partial charge in [-0.3, -0.25) is 0 Å². The van der Waals surface area contributed by atoms with E-state index in [0.717, 1.165) is 39.1 Å². The maximum atomic E-state index is 6.29. The Kier molecular flexibility index (Phi) is 5.83. The second kappa shape index (κ2) is 7.63. The van der Waals surface area contributed by atoms with Crippen LogP contribution in [0.5, 0.6) is 0 Å². The van der Waals surface area contributed by atoms with Crippen LogP contribution in [0.3, 0.4) is 0 Å². The number of ether oxygens (including phenoxy) is 2. The van der Waals surface area contributed by atoms with Crippen LogP contribution in [0.2, 0.25) is 0 Å². The zero-order valence-electron chi connectivity index (χ0n) is 12.0. The number of benzene rings is 1. The lowest BCUT2D eigenvalue weighted by molar-refractivity contribution is -0.0688. The smallest absolute Gasteiger partial charge is 0.0953 e. The van der Waals surface area contributed by atoms with E-state index in [1.54, 1.807) is 0 Å². The molecule has 3 nitrogen and oxygen atoms in total. The lowest BCUT2D eigenvalue weighted by Crippen LogP contribution is -2.30. The number of nitrogens with one attached hydrogen (secondary N) is 1. The van der Waals surface area contributed by atoms with Crippen molar-refractivity contribution >= 4 is 0 Å². The van der Waals surface area contributed by atoms with Crippen LogP contribution in [0.1, 0.15) is 37.0 Å². The Balaban J connectivity index is 2.01. The van der Waals surface area contributed by atoms with Gasteiger partial charge in [0.25, 0.3) is 0 Å². The molecule has 3 heteroatoms. The molecule has 1 atom stereocenters. The van der Waals surface area contributed by atoms with E-state index in [2.05, 4.69) is 43.4 Å². The van der Waals surface area contributed by atoms with E-state index in [0.29, 0.717) is 6.10 Å². The van der Waals surface area contributed by atoms with Crippen LogP contribution < -0.4 is 5.32 Å². The van der Waals surface area contributed by atoms with Crippen molar-refractivity contribution in [2.24, 2.45) is 0 Å². The summed E-state index contributed by atoms with van der Waals surface area (Å²) >= 11 is 0. The SMILES string of the molecule is CCNCC(OC1CCOCC1)c1cccc(C)c1. The second-order valence-corrected chi connectivity index (χ2v) is 5.16. The van der Waals surface area contributed by atoms with E-state index in [4.69, 9.17) is 9.47 Å². The van der Waals surface area contributed by atoms with Crippen LogP contribution in [0.15, 0.2) is 24.3 Å². The average molecular weight is 263 g/mol. The highest BCUT2D eigenvalue weighted by Gasteiger charge is 2.20. The minimum Gasteiger partial charge on any atom is -0.381 e. The lowest BCUT2D eigenvalue weighted by atomic mass is 10.1. The third-order valence-electron chi connectivity index (χ3n) is 3.52. The van der Waals surface area contributed by atoms with Gasteiger partial charge in [0.2, 0.25) is 0 Å². The fourth-order valence-electron chi connectivity index (χ4n) is 2.43. The van der Waals surface area contributed by atoms with Crippen molar-refractivity contribution in [3.63, 3.8) is 0 Å². The van der Waals surface area contributed by atoms with Gasteiger partial charge in [0.1, 0.15) is 0 Å². The quantitative estimate of drug-likeness (QED) is 0.856. The highest BCUT2D eigenvalue weighted by atomic mass is 16.5. The van der Waals surface area contributed by atoms with Crippen molar-refractivity contribution in [2.45, 2.75) is 38.9 Å². The molecule has 2 rings (SSSR count). The Labute approximate surface area is 116 Å². The molecule has 1 aliphatic heterocycles. The topological polar surface area (TPSA) is 30.5 Å². The highest BCUT2D eigenvalue weighted by molar-refractivity contribution is 5.24. The average Bonchev–Trinajstić information content (AvgIpc) is 2.44. The van der Waals surface area contributed by atoms with Crippen molar-refractivity contribution in [3.05, 3.63) is 35.4 Å². The molecule has 1 heterocycles. The Bertz CT molecular complexity index is 375. The fourth-order valence-corrected chi connectivity index (χ4v) is 2.43. The van der Waals surface area contributed by atoms with Crippen molar-refractivity contribution in [1.82, 2.24) is 5.32 Å². The molecule has 19 heavy (non-hydrogen) atoms. The van der Waals surface area contributed by atoms with Gasteiger partial charge in [-0.2, -0.15) is 0 Å². The third kappa shape index (κ3) is 4.60. The predicted molar refractivity (Wildman–Crippen MR) is 77.4 cm³/mol. The fraction of sp³-hybridized carbons (Fsp3) is 0.625. The molecule has 0 bridgehead atoms. The van der Waals surface area contributed by atoms with E-state index in [-0.39, 0.29) is 6.10 Å². The van der Waals surface area contributed by atoms with Gasteiger partial charge in [-0.05, 0) is 31.9 Å². The van der Waals surface area contributed by atoms with Gasteiger partial charge in [0.05, 0.1) is 12.2 Å². The zero-order chi connectivity index (χ0) is 13.5. The van der Waals surface area contributed by atoms with Gasteiger partial charge < -0.3 is 14.8 Å². The Morgan fingerprint density at radius 2 is 2.16 bits per heavy atom. The highest BCUT2D eigenvalue weighted by Crippen LogP contribution is 2.23. The van der Waals surface area contributed by atoms with Crippen LogP contribution in [-0.4, -0.2) is 32.4 Å². The predicted octanol–water partition coefficient (Wildman–Crippen LogP) is 2.84. The van der Waals surface area contributed by atoms with Gasteiger partial charge in [-0.1, -0.05) is 36.8 Å². The van der Waals surface area contributed by atoms with Crippen LogP contribution in [0.4, 0.5) is 0 Å². The molecule has 0 aliphatic carbocycles. The standard InChI is InChI=1S/C16H25NO2/c1-3-17-12-16(14-6-4-5-13(2)11-14)19-15-7-9-18-10-8-15/h4-6,11,15-17H,3,7-10,12H2,1-2H3. The first kappa shape index (κ1) is 14.5. The summed E-state index contributed by atoms with van der Waals surface area (Å²) in [7, 11) is 0. The molecule has 0 saturated carbocycles. The zero-order valence-corrected chi connectivity index (χ0v) is 12.0. The minimum absolute atomic E-state index is 0.142. The molecule has 1 unspecified atom stereocenters. The molecule has 0 amide bonds. The van der Waals surface area contributed by atoms with Gasteiger partial charge in [-0.25, -0.2) is 0 Å². The number of hydrogen-bond acceptors (Lipinski definition) is 3. The van der Waals surface area contributed by atoms with Crippen LogP contribution in [0.25, 0.3) is 0 Å². The van der Waals surface area contributed by atoms with Gasteiger partial charge in [0.15, 0.2) is 0 Å². The maximum absolute atomic E-state index is 6.29. The Morgan fingerprint density at radius 1 is 1.37 bits per heavy atom. The monoisotopic (exact) mass is 263 g/mol. The normalized spacial score (nSPS) is 18.4. The number of aryl methyl sites for hydroxylation is 1. The molecule has 1 fully saturated rings. The third-order valence-corrected chi connectivity index (χ3v) is 3.52. The molecule has 106 valence electrons. The van der Waals surface area contributed by atoms with Gasteiger partial charge in [-0.15, -0.1) is 0 Å². The van der Waals surface area contributed by atoms with Gasteiger partial charge >= 0.3 is 0 Å². The van der Waals surface area contributed by atoms with Crippen molar-refractivity contribution in [2.75, 3.05) is 26.3 Å². The number of rotatable bonds is 6. The molecule has 1 saturated heterocycles. The molecular weight excluding hydrogens is 238 g/mol. The first-order valence-corrected chi connectivity index (χ1v) is 7.30. The molecule has 1 aromatic carbocycles. The minimum atomic E-state index is 0.142. The molecule has 1 N–H and O–H groups in total. The summed E-state index contributed by atoms with van der Waals surface area (Å²) in [5, 5.41) is 3.40. The Hall–Kier alpha value is -0.900. The molecule has 0 aromatic heterocycles. The van der Waals surface area contributed by atoms with E-state index in [1.165, 1.54) is 11.1 Å². The first-order chi connectivity index (χ1) is 9.29. The largest absolute Gasteiger partial charge is 0.381 e. The summed E-state index contributed by atoms with van der Waals surface area (Å²) in [4.78, 5) is 0. The number of hydrogen-bond donors (Lipinski definition) is 1. The van der Waals surface area contributed by atoms with E-state index in [1.807, 2.05) is 0 Å². The summed E-state index contributed by atoms with van der Waals surface area (Å²) in [6, 6.07) is 8.62. The van der Waals surface area contributed by atoms with E-state index < -0.39 is 0 Å². The lowest BCUT2D eigenvalue weighted by Gasteiger charge is -2.28. The maximum Gasteiger partial charge on any atom is 0.0953 e. The van der Waals surface area contributed by atoms with E-state index >= 15 is 0 Å². The van der Waals surface area contributed by atoms with Crippen LogP contribution in [-0.2, 0) is 9.47 Å². The molecule has 0 spiro atoms. The summed E-state index contributed by atoms with van der Waals surface area (Å²) in [5.74, 6) is 0. The molecule has 0 radical (unpaired) electrons. The van der Waals surface area contributed by atoms with Crippen LogP contribution >= 0.6 is 0 Å². The van der Waals surface area contributed by atoms with Crippen molar-refractivity contribution < 1.29 is 9.47 Å². The molecular formula is C16H25NO2. The summed E-state index contributed by atoms with van der Waals surface area (Å²) in [5.41, 5.74) is 2.56. The van der Waals surface area contributed by atoms with Gasteiger partial charge in [0, 0.05) is 19.8 Å².